The molecule has 0 saturated carbocycles. The first kappa shape index (κ1) is 19.5. The number of fused-ring (bicyclic) bond motifs is 1. The maximum Gasteiger partial charge on any atom is 0.225 e. The van der Waals surface area contributed by atoms with E-state index in [1.54, 1.807) is 7.05 Å². The second-order valence-electron chi connectivity index (χ2n) is 6.37. The number of aliphatic imine (C=N–C) groups is 1. The van der Waals surface area contributed by atoms with Crippen molar-refractivity contribution in [2.24, 2.45) is 4.99 Å². The summed E-state index contributed by atoms with van der Waals surface area (Å²) in [6.45, 7) is 1.27. The Bertz CT molecular complexity index is 833. The van der Waals surface area contributed by atoms with Gasteiger partial charge in [-0.15, -0.1) is 0 Å². The largest absolute Gasteiger partial charge is 0.356 e. The highest BCUT2D eigenvalue weighted by Gasteiger charge is 2.24. The average Bonchev–Trinajstić information content (AvgIpc) is 2.66. The Morgan fingerprint density at radius 3 is 2.63 bits per heavy atom. The molecule has 142 valence electrons. The Morgan fingerprint density at radius 2 is 1.89 bits per heavy atom. The van der Waals surface area contributed by atoms with Crippen molar-refractivity contribution in [3.8, 4) is 0 Å². The Hall–Kier alpha value is -2.24. The summed E-state index contributed by atoms with van der Waals surface area (Å²) in [6, 6.07) is 13.4. The zero-order valence-electron chi connectivity index (χ0n) is 15.1. The molecule has 0 fully saturated rings. The van der Waals surface area contributed by atoms with Crippen LogP contribution in [0, 0.1) is 0 Å². The van der Waals surface area contributed by atoms with E-state index in [1.165, 1.54) is 0 Å². The van der Waals surface area contributed by atoms with Crippen LogP contribution in [0.4, 0.5) is 5.69 Å². The number of nitrogens with one attached hydrogen (secondary N) is 3. The molecule has 0 radical (unpaired) electrons. The van der Waals surface area contributed by atoms with Crippen LogP contribution < -0.4 is 16.0 Å². The normalized spacial score (nSPS) is 16.5. The average molecular weight is 405 g/mol. The summed E-state index contributed by atoms with van der Waals surface area (Å²) in [5.41, 5.74) is 2.95. The van der Waals surface area contributed by atoms with Crippen LogP contribution in [0.5, 0.6) is 0 Å². The Balaban J connectivity index is 1.55. The number of hydrogen-bond donors (Lipinski definition) is 3. The molecule has 0 bridgehead atoms. The van der Waals surface area contributed by atoms with Gasteiger partial charge < -0.3 is 16.0 Å². The van der Waals surface area contributed by atoms with Crippen LogP contribution >= 0.6 is 23.2 Å². The van der Waals surface area contributed by atoms with Crippen LogP contribution in [0.15, 0.2) is 47.5 Å². The monoisotopic (exact) mass is 404 g/mol. The molecule has 7 heteroatoms. The number of carbonyl (C=O) groups excluding carboxylic acids is 1. The summed E-state index contributed by atoms with van der Waals surface area (Å²) in [5, 5.41) is 10.8. The van der Waals surface area contributed by atoms with E-state index in [0.29, 0.717) is 41.9 Å². The Labute approximate surface area is 169 Å². The molecule has 1 aliphatic heterocycles. The first-order valence-corrected chi connectivity index (χ1v) is 9.60. The number of benzene rings is 2. The second-order valence-corrected chi connectivity index (χ2v) is 7.18. The third-order valence-electron chi connectivity index (χ3n) is 4.58. The van der Waals surface area contributed by atoms with E-state index in [0.717, 1.165) is 16.8 Å². The smallest absolute Gasteiger partial charge is 0.225 e. The summed E-state index contributed by atoms with van der Waals surface area (Å²) < 4.78 is 0. The number of nitrogens with zero attached hydrogens (tertiary/aromatic N) is 1. The van der Waals surface area contributed by atoms with E-state index in [9.17, 15) is 4.79 Å². The minimum Gasteiger partial charge on any atom is -0.356 e. The number of rotatable bonds is 5. The molecule has 0 spiro atoms. The predicted octanol–water partition coefficient (Wildman–Crippen LogP) is 3.83. The fourth-order valence-corrected chi connectivity index (χ4v) is 3.79. The molecule has 2 aromatic rings. The van der Waals surface area contributed by atoms with Crippen LogP contribution in [0.1, 0.15) is 23.5 Å². The van der Waals surface area contributed by atoms with Gasteiger partial charge in [0.15, 0.2) is 5.96 Å². The van der Waals surface area contributed by atoms with Gasteiger partial charge in [-0.1, -0.05) is 47.5 Å². The zero-order valence-corrected chi connectivity index (χ0v) is 16.6. The zero-order chi connectivity index (χ0) is 19.2. The number of guanidine groups is 1. The van der Waals surface area contributed by atoms with E-state index in [4.69, 9.17) is 23.2 Å². The van der Waals surface area contributed by atoms with Crippen LogP contribution in [0.3, 0.4) is 0 Å². The van der Waals surface area contributed by atoms with Crippen LogP contribution in [0.25, 0.3) is 0 Å². The number of para-hydroxylation sites is 1. The van der Waals surface area contributed by atoms with E-state index >= 15 is 0 Å². The summed E-state index contributed by atoms with van der Waals surface area (Å²) in [6.07, 6.45) is 1.14. The van der Waals surface area contributed by atoms with Crippen molar-refractivity contribution in [2.75, 3.05) is 25.5 Å². The predicted molar refractivity (Wildman–Crippen MR) is 112 cm³/mol. The molecule has 1 atom stereocenters. The van der Waals surface area contributed by atoms with Crippen LogP contribution in [-0.2, 0) is 11.2 Å². The minimum absolute atomic E-state index is 0.0387. The Morgan fingerprint density at radius 1 is 1.15 bits per heavy atom. The van der Waals surface area contributed by atoms with E-state index in [2.05, 4.69) is 27.0 Å². The summed E-state index contributed by atoms with van der Waals surface area (Å²) in [4.78, 5) is 16.2. The fraction of sp³-hybridized carbons (Fsp3) is 0.300. The van der Waals surface area contributed by atoms with Gasteiger partial charge in [-0.3, -0.25) is 9.79 Å². The molecule has 1 amide bonds. The topological polar surface area (TPSA) is 65.5 Å². The summed E-state index contributed by atoms with van der Waals surface area (Å²) in [7, 11) is 1.72. The lowest BCUT2D eigenvalue weighted by Crippen LogP contribution is -2.41. The molecule has 0 aliphatic carbocycles. The molecule has 1 unspecified atom stereocenters. The molecular formula is C20H22Cl2N4O. The number of hydrogen-bond acceptors (Lipinski definition) is 2. The van der Waals surface area contributed by atoms with Crippen molar-refractivity contribution in [1.82, 2.24) is 10.6 Å². The third kappa shape index (κ3) is 4.93. The third-order valence-corrected chi connectivity index (χ3v) is 5.28. The lowest BCUT2D eigenvalue weighted by molar-refractivity contribution is -0.116. The van der Waals surface area contributed by atoms with Gasteiger partial charge in [-0.25, -0.2) is 0 Å². The standard InChI is InChI=1S/C20H22Cl2N4O/c1-23-20(24-10-9-15-16(21)6-4-7-17(15)22)25-12-13-11-19(27)26-18-8-3-2-5-14(13)18/h2-8,13H,9-12H2,1H3,(H,26,27)(H2,23,24,25). The highest BCUT2D eigenvalue weighted by molar-refractivity contribution is 6.36. The van der Waals surface area contributed by atoms with Crippen LogP contribution in [-0.4, -0.2) is 32.0 Å². The minimum atomic E-state index is 0.0387. The maximum atomic E-state index is 11.9. The summed E-state index contributed by atoms with van der Waals surface area (Å²) in [5.74, 6) is 0.824. The van der Waals surface area contributed by atoms with E-state index in [-0.39, 0.29) is 11.8 Å². The van der Waals surface area contributed by atoms with Gasteiger partial charge in [0.25, 0.3) is 0 Å². The van der Waals surface area contributed by atoms with Crippen molar-refractivity contribution >= 4 is 40.8 Å². The van der Waals surface area contributed by atoms with Gasteiger partial charge in [0.1, 0.15) is 0 Å². The van der Waals surface area contributed by atoms with Crippen molar-refractivity contribution < 1.29 is 4.79 Å². The molecule has 5 nitrogen and oxygen atoms in total. The van der Waals surface area contributed by atoms with Gasteiger partial charge in [0.2, 0.25) is 5.91 Å². The molecule has 27 heavy (non-hydrogen) atoms. The first-order valence-electron chi connectivity index (χ1n) is 8.84. The fourth-order valence-electron chi connectivity index (χ4n) is 3.20. The van der Waals surface area contributed by atoms with E-state index < -0.39 is 0 Å². The van der Waals surface area contributed by atoms with Crippen molar-refractivity contribution in [1.29, 1.82) is 0 Å². The van der Waals surface area contributed by atoms with Crippen molar-refractivity contribution in [3.63, 3.8) is 0 Å². The molecular weight excluding hydrogens is 383 g/mol. The lowest BCUT2D eigenvalue weighted by atomic mass is 9.90. The van der Waals surface area contributed by atoms with Gasteiger partial charge in [-0.05, 0) is 35.7 Å². The van der Waals surface area contributed by atoms with Crippen molar-refractivity contribution in [3.05, 3.63) is 63.6 Å². The summed E-state index contributed by atoms with van der Waals surface area (Å²) >= 11 is 12.4. The van der Waals surface area contributed by atoms with Gasteiger partial charge in [-0.2, -0.15) is 0 Å². The highest BCUT2D eigenvalue weighted by atomic mass is 35.5. The molecule has 2 aromatic carbocycles. The molecule has 0 saturated heterocycles. The molecule has 1 aliphatic rings. The molecule has 3 N–H and O–H groups in total. The number of carbonyl (C=O) groups is 1. The SMILES string of the molecule is CN=C(NCCc1c(Cl)cccc1Cl)NCC1CC(=O)Nc2ccccc21. The van der Waals surface area contributed by atoms with Gasteiger partial charge >= 0.3 is 0 Å². The van der Waals surface area contributed by atoms with Crippen molar-refractivity contribution in [2.45, 2.75) is 18.8 Å². The number of anilines is 1. The molecule has 0 aromatic heterocycles. The van der Waals surface area contributed by atoms with E-state index in [1.807, 2.05) is 36.4 Å². The molecule has 3 rings (SSSR count). The second kappa shape index (κ2) is 9.11. The van der Waals surface area contributed by atoms with Gasteiger partial charge in [0.05, 0.1) is 0 Å². The Kier molecular flexibility index (Phi) is 6.58. The van der Waals surface area contributed by atoms with Gasteiger partial charge in [0, 0.05) is 48.2 Å². The quantitative estimate of drug-likeness (QED) is 0.523. The highest BCUT2D eigenvalue weighted by Crippen LogP contribution is 2.31. The number of amides is 1. The maximum absolute atomic E-state index is 11.9. The molecule has 1 heterocycles. The number of halogens is 2. The lowest BCUT2D eigenvalue weighted by Gasteiger charge is -2.26. The van der Waals surface area contributed by atoms with Crippen LogP contribution in [0.2, 0.25) is 10.0 Å². The first-order chi connectivity index (χ1) is 13.1.